The van der Waals surface area contributed by atoms with Crippen molar-refractivity contribution in [3.63, 3.8) is 0 Å². The van der Waals surface area contributed by atoms with Crippen LogP contribution in [0.25, 0.3) is 0 Å². The summed E-state index contributed by atoms with van der Waals surface area (Å²) in [5, 5.41) is 0. The SMILES string of the molecule is Cc1c[nH]cc1C(=O)N1CC(CN)CC1C. The number of likely N-dealkylation sites (tertiary alicyclic amines) is 1. The Morgan fingerprint density at radius 2 is 2.38 bits per heavy atom. The average Bonchev–Trinajstić information content (AvgIpc) is 2.83. The average molecular weight is 221 g/mol. The van der Waals surface area contributed by atoms with Gasteiger partial charge in [0.1, 0.15) is 0 Å². The highest BCUT2D eigenvalue weighted by Crippen LogP contribution is 2.24. The minimum atomic E-state index is 0.127. The van der Waals surface area contributed by atoms with Crippen LogP contribution in [0, 0.1) is 12.8 Å². The largest absolute Gasteiger partial charge is 0.367 e. The number of hydrogen-bond acceptors (Lipinski definition) is 2. The van der Waals surface area contributed by atoms with Gasteiger partial charge in [-0.15, -0.1) is 0 Å². The highest BCUT2D eigenvalue weighted by atomic mass is 16.2. The lowest BCUT2D eigenvalue weighted by Crippen LogP contribution is -2.34. The van der Waals surface area contributed by atoms with Crippen molar-refractivity contribution in [1.82, 2.24) is 9.88 Å². The Morgan fingerprint density at radius 3 is 2.88 bits per heavy atom. The van der Waals surface area contributed by atoms with Crippen LogP contribution in [0.5, 0.6) is 0 Å². The van der Waals surface area contributed by atoms with E-state index in [1.807, 2.05) is 18.0 Å². The van der Waals surface area contributed by atoms with Crippen molar-refractivity contribution in [3.05, 3.63) is 23.5 Å². The number of aromatic amines is 1. The van der Waals surface area contributed by atoms with Crippen LogP contribution in [0.2, 0.25) is 0 Å². The van der Waals surface area contributed by atoms with E-state index in [-0.39, 0.29) is 5.91 Å². The van der Waals surface area contributed by atoms with Crippen LogP contribution in [-0.4, -0.2) is 34.9 Å². The molecular weight excluding hydrogens is 202 g/mol. The van der Waals surface area contributed by atoms with E-state index in [4.69, 9.17) is 5.73 Å². The maximum absolute atomic E-state index is 12.3. The third-order valence-electron chi connectivity index (χ3n) is 3.44. The Morgan fingerprint density at radius 1 is 1.62 bits per heavy atom. The highest BCUT2D eigenvalue weighted by Gasteiger charge is 2.32. The molecule has 2 rings (SSSR count). The summed E-state index contributed by atoms with van der Waals surface area (Å²) in [6.07, 6.45) is 4.65. The zero-order valence-corrected chi connectivity index (χ0v) is 9.86. The van der Waals surface area contributed by atoms with E-state index < -0.39 is 0 Å². The van der Waals surface area contributed by atoms with Crippen molar-refractivity contribution in [2.75, 3.05) is 13.1 Å². The second kappa shape index (κ2) is 4.29. The normalized spacial score (nSPS) is 25.1. The molecule has 0 saturated carbocycles. The van der Waals surface area contributed by atoms with Gasteiger partial charge in [-0.2, -0.15) is 0 Å². The van der Waals surface area contributed by atoms with Crippen molar-refractivity contribution in [3.8, 4) is 0 Å². The molecule has 2 unspecified atom stereocenters. The number of aryl methyl sites for hydroxylation is 1. The van der Waals surface area contributed by atoms with E-state index in [1.54, 1.807) is 6.20 Å². The molecule has 0 aliphatic carbocycles. The van der Waals surface area contributed by atoms with Gasteiger partial charge in [0.2, 0.25) is 0 Å². The predicted octanol–water partition coefficient (Wildman–Crippen LogP) is 1.13. The zero-order chi connectivity index (χ0) is 11.7. The minimum absolute atomic E-state index is 0.127. The third-order valence-corrected chi connectivity index (χ3v) is 3.44. The number of nitrogens with two attached hydrogens (primary N) is 1. The number of hydrogen-bond donors (Lipinski definition) is 2. The standard InChI is InChI=1S/C12H19N3O/c1-8-5-14-6-11(8)12(16)15-7-10(4-13)3-9(15)2/h5-6,9-10,14H,3-4,7,13H2,1-2H3. The molecular formula is C12H19N3O. The van der Waals surface area contributed by atoms with Gasteiger partial charge in [0.15, 0.2) is 0 Å². The first-order valence-corrected chi connectivity index (χ1v) is 5.78. The van der Waals surface area contributed by atoms with Crippen LogP contribution in [-0.2, 0) is 0 Å². The van der Waals surface area contributed by atoms with Crippen molar-refractivity contribution in [2.45, 2.75) is 26.3 Å². The predicted molar refractivity (Wildman–Crippen MR) is 63.2 cm³/mol. The topological polar surface area (TPSA) is 62.1 Å². The number of nitrogens with zero attached hydrogens (tertiary/aromatic N) is 1. The molecule has 2 atom stereocenters. The molecule has 3 N–H and O–H groups in total. The fourth-order valence-electron chi connectivity index (χ4n) is 2.42. The summed E-state index contributed by atoms with van der Waals surface area (Å²) in [6, 6.07) is 0.301. The Balaban J connectivity index is 2.14. The van der Waals surface area contributed by atoms with Gasteiger partial charge in [0, 0.05) is 25.0 Å². The highest BCUT2D eigenvalue weighted by molar-refractivity contribution is 5.95. The Hall–Kier alpha value is -1.29. The summed E-state index contributed by atoms with van der Waals surface area (Å²) in [4.78, 5) is 17.2. The van der Waals surface area contributed by atoms with E-state index in [2.05, 4.69) is 11.9 Å². The number of carbonyl (C=O) groups is 1. The summed E-state index contributed by atoms with van der Waals surface area (Å²) in [5.74, 6) is 0.584. The van der Waals surface area contributed by atoms with E-state index in [0.29, 0.717) is 18.5 Å². The van der Waals surface area contributed by atoms with Gasteiger partial charge in [0.05, 0.1) is 5.56 Å². The van der Waals surface area contributed by atoms with Crippen molar-refractivity contribution < 1.29 is 4.79 Å². The molecule has 0 spiro atoms. The number of H-pyrrole nitrogens is 1. The van der Waals surface area contributed by atoms with E-state index in [1.165, 1.54) is 0 Å². The third kappa shape index (κ3) is 1.85. The van der Waals surface area contributed by atoms with Gasteiger partial charge in [0.25, 0.3) is 5.91 Å². The molecule has 88 valence electrons. The molecule has 1 aromatic rings. The number of carbonyl (C=O) groups excluding carboxylic acids is 1. The smallest absolute Gasteiger partial charge is 0.255 e. The van der Waals surface area contributed by atoms with Gasteiger partial charge >= 0.3 is 0 Å². The van der Waals surface area contributed by atoms with Gasteiger partial charge in [-0.25, -0.2) is 0 Å². The maximum Gasteiger partial charge on any atom is 0.255 e. The molecule has 4 heteroatoms. The molecule has 1 fully saturated rings. The number of rotatable bonds is 2. The van der Waals surface area contributed by atoms with Crippen LogP contribution >= 0.6 is 0 Å². The van der Waals surface area contributed by atoms with E-state index in [9.17, 15) is 4.79 Å². The first-order chi connectivity index (χ1) is 7.63. The summed E-state index contributed by atoms with van der Waals surface area (Å²) in [7, 11) is 0. The summed E-state index contributed by atoms with van der Waals surface area (Å²) >= 11 is 0. The molecule has 1 aliphatic rings. The van der Waals surface area contributed by atoms with Crippen molar-refractivity contribution >= 4 is 5.91 Å². The second-order valence-corrected chi connectivity index (χ2v) is 4.70. The maximum atomic E-state index is 12.3. The Bertz CT molecular complexity index is 385. The monoisotopic (exact) mass is 221 g/mol. The van der Waals surface area contributed by atoms with Crippen LogP contribution in [0.4, 0.5) is 0 Å². The molecule has 4 nitrogen and oxygen atoms in total. The molecule has 0 radical (unpaired) electrons. The molecule has 1 amide bonds. The number of amides is 1. The van der Waals surface area contributed by atoms with Crippen molar-refractivity contribution in [2.24, 2.45) is 11.7 Å². The van der Waals surface area contributed by atoms with E-state index >= 15 is 0 Å². The second-order valence-electron chi connectivity index (χ2n) is 4.70. The lowest BCUT2D eigenvalue weighted by atomic mass is 10.1. The van der Waals surface area contributed by atoms with Crippen molar-refractivity contribution in [1.29, 1.82) is 0 Å². The Labute approximate surface area is 95.8 Å². The van der Waals surface area contributed by atoms with E-state index in [0.717, 1.165) is 24.1 Å². The lowest BCUT2D eigenvalue weighted by molar-refractivity contribution is 0.0743. The lowest BCUT2D eigenvalue weighted by Gasteiger charge is -2.21. The molecule has 1 saturated heterocycles. The summed E-state index contributed by atoms with van der Waals surface area (Å²) < 4.78 is 0. The van der Waals surface area contributed by atoms with Gasteiger partial charge in [-0.05, 0) is 38.3 Å². The first kappa shape index (κ1) is 11.2. The minimum Gasteiger partial charge on any atom is -0.367 e. The summed E-state index contributed by atoms with van der Waals surface area (Å²) in [6.45, 7) is 5.50. The van der Waals surface area contributed by atoms with Crippen LogP contribution in [0.3, 0.4) is 0 Å². The van der Waals surface area contributed by atoms with Crippen LogP contribution in [0.15, 0.2) is 12.4 Å². The quantitative estimate of drug-likeness (QED) is 0.786. The molecule has 1 aliphatic heterocycles. The summed E-state index contributed by atoms with van der Waals surface area (Å²) in [5.41, 5.74) is 7.45. The van der Waals surface area contributed by atoms with Gasteiger partial charge < -0.3 is 15.6 Å². The molecule has 1 aromatic heterocycles. The fourth-order valence-corrected chi connectivity index (χ4v) is 2.42. The van der Waals surface area contributed by atoms with Gasteiger partial charge in [-0.1, -0.05) is 0 Å². The molecule has 16 heavy (non-hydrogen) atoms. The Kier molecular flexibility index (Phi) is 3.01. The molecule has 0 bridgehead atoms. The number of aromatic nitrogens is 1. The zero-order valence-electron chi connectivity index (χ0n) is 9.86. The molecule has 2 heterocycles. The number of nitrogens with one attached hydrogen (secondary N) is 1. The first-order valence-electron chi connectivity index (χ1n) is 5.78. The van der Waals surface area contributed by atoms with Crippen LogP contribution in [0.1, 0.15) is 29.3 Å². The van der Waals surface area contributed by atoms with Crippen LogP contribution < -0.4 is 5.73 Å². The molecule has 0 aromatic carbocycles. The van der Waals surface area contributed by atoms with Gasteiger partial charge in [-0.3, -0.25) is 4.79 Å². The fraction of sp³-hybridized carbons (Fsp3) is 0.583.